The molecular formula is C26H30N2O7Si. The number of ketones is 4. The Labute approximate surface area is 210 Å². The summed E-state index contributed by atoms with van der Waals surface area (Å²) in [6, 6.07) is 1.87. The minimum absolute atomic E-state index is 0.0143. The summed E-state index contributed by atoms with van der Waals surface area (Å²) < 4.78 is 0. The van der Waals surface area contributed by atoms with Crippen LogP contribution in [0.5, 0.6) is 5.75 Å². The molecule has 190 valence electrons. The van der Waals surface area contributed by atoms with Crippen molar-refractivity contribution in [1.29, 1.82) is 0 Å². The van der Waals surface area contributed by atoms with Gasteiger partial charge in [0.1, 0.15) is 13.8 Å². The molecule has 1 aromatic rings. The van der Waals surface area contributed by atoms with Crippen molar-refractivity contribution in [3.63, 3.8) is 0 Å². The Morgan fingerprint density at radius 2 is 1.78 bits per heavy atom. The Bertz CT molecular complexity index is 1290. The molecule has 0 saturated heterocycles. The number of aromatic hydroxyl groups is 1. The molecule has 0 spiro atoms. The van der Waals surface area contributed by atoms with Crippen LogP contribution in [0.25, 0.3) is 0 Å². The number of carbonyl (C=O) groups excluding carboxylic acids is 5. The van der Waals surface area contributed by atoms with Gasteiger partial charge in [-0.15, -0.1) is 5.54 Å². The summed E-state index contributed by atoms with van der Waals surface area (Å²) in [6.45, 7) is 6.23. The Morgan fingerprint density at radius 1 is 1.14 bits per heavy atom. The Kier molecular flexibility index (Phi) is 6.11. The normalized spacial score (nSPS) is 31.8. The van der Waals surface area contributed by atoms with Crippen molar-refractivity contribution in [3.05, 3.63) is 28.8 Å². The first-order valence-corrected chi connectivity index (χ1v) is 15.3. The van der Waals surface area contributed by atoms with Gasteiger partial charge >= 0.3 is 0 Å². The number of hydrogen-bond donors (Lipinski definition) is 3. The lowest BCUT2D eigenvalue weighted by Crippen LogP contribution is -2.74. The third kappa shape index (κ3) is 3.73. The second kappa shape index (κ2) is 8.47. The highest BCUT2D eigenvalue weighted by Gasteiger charge is 2.69. The number of nitrogens with two attached hydrogens (primary N) is 1. The smallest absolute Gasteiger partial charge is 0.235 e. The summed E-state index contributed by atoms with van der Waals surface area (Å²) in [4.78, 5) is 67.3. The highest BCUT2D eigenvalue weighted by atomic mass is 28.3. The molecule has 0 heterocycles. The number of phenolic OH excluding ortho intramolecular Hbond substituents is 1. The number of hydrogen-bond acceptors (Lipinski definition) is 8. The van der Waals surface area contributed by atoms with Crippen molar-refractivity contribution in [2.45, 2.75) is 44.1 Å². The first-order valence-electron chi connectivity index (χ1n) is 11.8. The Hall–Kier alpha value is -3.13. The lowest BCUT2D eigenvalue weighted by Gasteiger charge is -2.52. The molecule has 1 amide bonds. The third-order valence-electron chi connectivity index (χ3n) is 7.52. The van der Waals surface area contributed by atoms with E-state index in [0.717, 1.165) is 0 Å². The zero-order valence-electron chi connectivity index (χ0n) is 20.9. The number of primary amides is 1. The van der Waals surface area contributed by atoms with E-state index in [1.165, 1.54) is 11.0 Å². The van der Waals surface area contributed by atoms with E-state index in [4.69, 9.17) is 5.73 Å². The molecule has 4 N–H and O–H groups in total. The quantitative estimate of drug-likeness (QED) is 0.287. The maximum absolute atomic E-state index is 13.8. The molecule has 0 radical (unpaired) electrons. The molecule has 0 aliphatic heterocycles. The molecule has 1 aromatic carbocycles. The van der Waals surface area contributed by atoms with Crippen molar-refractivity contribution in [1.82, 2.24) is 4.90 Å². The van der Waals surface area contributed by atoms with Gasteiger partial charge in [0.2, 0.25) is 5.91 Å². The van der Waals surface area contributed by atoms with Crippen molar-refractivity contribution >= 4 is 37.1 Å². The van der Waals surface area contributed by atoms with Crippen LogP contribution in [-0.4, -0.2) is 78.0 Å². The topological polar surface area (TPSA) is 155 Å². The number of benzene rings is 1. The number of carbonyl (C=O) groups is 5. The van der Waals surface area contributed by atoms with Gasteiger partial charge < -0.3 is 15.9 Å². The molecule has 2 saturated carbocycles. The predicted octanol–water partition coefficient (Wildman–Crippen LogP) is 0.0959. The van der Waals surface area contributed by atoms with E-state index >= 15 is 0 Å². The number of likely N-dealkylation sites (N-methyl/N-ethyl adjacent to an activating group) is 1. The van der Waals surface area contributed by atoms with Crippen LogP contribution in [0.2, 0.25) is 19.6 Å². The monoisotopic (exact) mass is 510 g/mol. The van der Waals surface area contributed by atoms with Crippen LogP contribution < -0.4 is 5.73 Å². The minimum Gasteiger partial charge on any atom is -0.507 e. The molecule has 3 aliphatic rings. The third-order valence-corrected chi connectivity index (χ3v) is 8.39. The van der Waals surface area contributed by atoms with Crippen molar-refractivity contribution in [2.24, 2.45) is 29.4 Å². The summed E-state index contributed by atoms with van der Waals surface area (Å²) in [5.41, 5.74) is 6.92. The van der Waals surface area contributed by atoms with Crippen LogP contribution >= 0.6 is 0 Å². The van der Waals surface area contributed by atoms with E-state index in [1.54, 1.807) is 20.2 Å². The van der Waals surface area contributed by atoms with E-state index < -0.39 is 72.4 Å². The minimum atomic E-state index is -2.72. The number of nitrogens with zero attached hydrogens (tertiary/aromatic N) is 1. The lowest BCUT2D eigenvalue weighted by molar-refractivity contribution is -0.181. The molecule has 3 aliphatic carbocycles. The van der Waals surface area contributed by atoms with Gasteiger partial charge in [0.15, 0.2) is 34.7 Å². The molecule has 0 aromatic heterocycles. The van der Waals surface area contributed by atoms with Gasteiger partial charge in [-0.1, -0.05) is 25.6 Å². The van der Waals surface area contributed by atoms with Crippen LogP contribution in [0.4, 0.5) is 0 Å². The second-order valence-corrected chi connectivity index (χ2v) is 16.0. The van der Waals surface area contributed by atoms with Gasteiger partial charge in [-0.25, -0.2) is 0 Å². The SMILES string of the molecule is CN(C)[C@@H]1C(=O)C(C(N)=O)C(=O)[C@@]2(O)C(=O)C3C(=O)c4c(O)ccc(C#C[Si](C)(C)C)c4C[C@H]3C[C@@H]12. The summed E-state index contributed by atoms with van der Waals surface area (Å²) in [5.74, 6) is -7.36. The maximum atomic E-state index is 13.8. The van der Waals surface area contributed by atoms with Crippen LogP contribution in [-0.2, 0) is 25.6 Å². The van der Waals surface area contributed by atoms with E-state index in [-0.39, 0.29) is 24.2 Å². The fourth-order valence-electron chi connectivity index (χ4n) is 5.98. The number of amides is 1. The van der Waals surface area contributed by atoms with E-state index in [0.29, 0.717) is 11.1 Å². The van der Waals surface area contributed by atoms with Crippen molar-refractivity contribution < 1.29 is 34.2 Å². The highest BCUT2D eigenvalue weighted by molar-refractivity contribution is 6.83. The standard InChI is InChI=1S/C26H30N2O7Si/c1-28(2)20-15-11-13-10-14-12(8-9-36(3,4)5)6-7-16(29)18(14)21(30)17(13)23(32)26(15,35)24(33)19(22(20)31)25(27)34/h6-7,13,15,17,19-20,29,35H,10-11H2,1-5H3,(H2,27,34)/t13-,15-,17?,19?,20-,26-/m0/s1. The molecule has 2 fully saturated rings. The number of Topliss-reactive ketones (excluding diaryl/α,β-unsaturated/α-hetero) is 4. The maximum Gasteiger partial charge on any atom is 0.235 e. The summed E-state index contributed by atoms with van der Waals surface area (Å²) in [6.07, 6.45) is 0.219. The van der Waals surface area contributed by atoms with Crippen LogP contribution in [0.1, 0.15) is 27.9 Å². The number of phenols is 1. The first kappa shape index (κ1) is 25.9. The Balaban J connectivity index is 1.87. The molecule has 10 heteroatoms. The first-order chi connectivity index (χ1) is 16.6. The summed E-state index contributed by atoms with van der Waals surface area (Å²) in [7, 11) is 1.34. The average molecular weight is 511 g/mol. The Morgan fingerprint density at radius 3 is 2.33 bits per heavy atom. The number of rotatable bonds is 2. The number of fused-ring (bicyclic) bond motifs is 3. The summed E-state index contributed by atoms with van der Waals surface area (Å²) in [5, 5.41) is 22.1. The lowest BCUT2D eigenvalue weighted by atomic mass is 9.52. The van der Waals surface area contributed by atoms with Gasteiger partial charge in [0.25, 0.3) is 0 Å². The second-order valence-electron chi connectivity index (χ2n) is 11.3. The highest BCUT2D eigenvalue weighted by Crippen LogP contribution is 2.50. The van der Waals surface area contributed by atoms with Gasteiger partial charge in [-0.2, -0.15) is 0 Å². The fraction of sp³-hybridized carbons (Fsp3) is 0.500. The zero-order chi connectivity index (χ0) is 26.9. The fourth-order valence-corrected chi connectivity index (χ4v) is 6.49. The summed E-state index contributed by atoms with van der Waals surface area (Å²) >= 11 is 0. The molecule has 6 atom stereocenters. The average Bonchev–Trinajstić information content (AvgIpc) is 2.74. The van der Waals surface area contributed by atoms with Gasteiger partial charge in [-0.3, -0.25) is 28.9 Å². The number of aliphatic hydroxyl groups is 1. The van der Waals surface area contributed by atoms with Crippen LogP contribution in [0, 0.1) is 35.1 Å². The van der Waals surface area contributed by atoms with Crippen molar-refractivity contribution in [2.75, 3.05) is 14.1 Å². The van der Waals surface area contributed by atoms with Crippen LogP contribution in [0.3, 0.4) is 0 Å². The molecule has 4 rings (SSSR count). The van der Waals surface area contributed by atoms with Gasteiger partial charge in [0, 0.05) is 11.5 Å². The molecule has 0 bridgehead atoms. The van der Waals surface area contributed by atoms with E-state index in [1.807, 2.05) is 0 Å². The molecule has 9 nitrogen and oxygen atoms in total. The largest absolute Gasteiger partial charge is 0.507 e. The zero-order valence-corrected chi connectivity index (χ0v) is 21.9. The molecule has 2 unspecified atom stereocenters. The van der Waals surface area contributed by atoms with Crippen LogP contribution in [0.15, 0.2) is 12.1 Å². The molecule has 36 heavy (non-hydrogen) atoms. The predicted molar refractivity (Wildman–Crippen MR) is 132 cm³/mol. The van der Waals surface area contributed by atoms with Crippen molar-refractivity contribution in [3.8, 4) is 17.2 Å². The van der Waals surface area contributed by atoms with Gasteiger partial charge in [0.05, 0.1) is 17.5 Å². The van der Waals surface area contributed by atoms with E-state index in [9.17, 15) is 34.2 Å². The van der Waals surface area contributed by atoms with Gasteiger partial charge in [-0.05, 0) is 50.6 Å². The van der Waals surface area contributed by atoms with E-state index in [2.05, 4.69) is 31.1 Å². The molecular weight excluding hydrogens is 480 g/mol.